The van der Waals surface area contributed by atoms with Gasteiger partial charge >= 0.3 is 0 Å². The second-order valence-corrected chi connectivity index (χ2v) is 8.55. The molecule has 2 fully saturated rings. The molecule has 2 aliphatic heterocycles. The van der Waals surface area contributed by atoms with E-state index in [1.807, 2.05) is 23.1 Å². The van der Waals surface area contributed by atoms with Crippen LogP contribution in [0.3, 0.4) is 0 Å². The lowest BCUT2D eigenvalue weighted by atomic mass is 9.92. The summed E-state index contributed by atoms with van der Waals surface area (Å²) in [5, 5.41) is 3.44. The fourth-order valence-corrected chi connectivity index (χ4v) is 4.56. The van der Waals surface area contributed by atoms with Gasteiger partial charge in [0.15, 0.2) is 0 Å². The van der Waals surface area contributed by atoms with Crippen molar-refractivity contribution in [1.82, 2.24) is 15.2 Å². The highest BCUT2D eigenvalue weighted by Gasteiger charge is 2.38. The Labute approximate surface area is 167 Å². The molecule has 1 unspecified atom stereocenters. The smallest absolute Gasteiger partial charge is 0.226 e. The van der Waals surface area contributed by atoms with Gasteiger partial charge in [0, 0.05) is 30.0 Å². The minimum atomic E-state index is -0.0346. The van der Waals surface area contributed by atoms with Gasteiger partial charge in [-0.25, -0.2) is 4.98 Å². The van der Waals surface area contributed by atoms with Crippen LogP contribution in [0.15, 0.2) is 34.7 Å². The standard InChI is InChI=1S/C23H31N3O2/c1-15(2)21-20(17-8-5-4-6-9-17)25-22(28-21)19-10-7-13-26(19)23(27)18-11-12-24-16(3)14-18/h4-6,8-9,15-16,18-19,24H,7,10-14H2,1-3H3/t16-,18-,19?/m0/s1. The van der Waals surface area contributed by atoms with E-state index < -0.39 is 0 Å². The lowest BCUT2D eigenvalue weighted by Gasteiger charge is -2.32. The van der Waals surface area contributed by atoms with Crippen molar-refractivity contribution >= 4 is 5.91 Å². The van der Waals surface area contributed by atoms with Gasteiger partial charge in [-0.3, -0.25) is 4.79 Å². The van der Waals surface area contributed by atoms with E-state index in [1.165, 1.54) is 0 Å². The predicted octanol–water partition coefficient (Wildman–Crippen LogP) is 4.52. The molecule has 0 bridgehead atoms. The first-order valence-corrected chi connectivity index (χ1v) is 10.6. The fourth-order valence-electron chi connectivity index (χ4n) is 4.56. The van der Waals surface area contributed by atoms with Crippen molar-refractivity contribution in [3.8, 4) is 11.3 Å². The third-order valence-electron chi connectivity index (χ3n) is 6.04. The van der Waals surface area contributed by atoms with E-state index >= 15 is 0 Å². The summed E-state index contributed by atoms with van der Waals surface area (Å²) < 4.78 is 6.29. The average Bonchev–Trinajstić information content (AvgIpc) is 3.35. The van der Waals surface area contributed by atoms with E-state index in [2.05, 4.69) is 38.2 Å². The summed E-state index contributed by atoms with van der Waals surface area (Å²) in [6, 6.07) is 10.6. The van der Waals surface area contributed by atoms with Gasteiger partial charge < -0.3 is 14.6 Å². The van der Waals surface area contributed by atoms with Gasteiger partial charge in [0.25, 0.3) is 0 Å². The normalized spacial score (nSPS) is 25.4. The molecule has 1 N–H and O–H groups in total. The number of carbonyl (C=O) groups excluding carboxylic acids is 1. The number of likely N-dealkylation sites (tertiary alicyclic amines) is 1. The van der Waals surface area contributed by atoms with Crippen molar-refractivity contribution in [2.75, 3.05) is 13.1 Å². The molecule has 4 rings (SSSR count). The molecule has 0 spiro atoms. The molecule has 0 aliphatic carbocycles. The molecule has 2 aromatic rings. The summed E-state index contributed by atoms with van der Waals surface area (Å²) in [5.41, 5.74) is 1.99. The van der Waals surface area contributed by atoms with E-state index in [9.17, 15) is 4.79 Å². The molecule has 2 saturated heterocycles. The van der Waals surface area contributed by atoms with Gasteiger partial charge in [0.2, 0.25) is 11.8 Å². The number of benzene rings is 1. The van der Waals surface area contributed by atoms with Crippen molar-refractivity contribution in [3.63, 3.8) is 0 Å². The zero-order valence-electron chi connectivity index (χ0n) is 17.1. The zero-order chi connectivity index (χ0) is 19.7. The molecule has 0 radical (unpaired) electrons. The quantitative estimate of drug-likeness (QED) is 0.846. The van der Waals surface area contributed by atoms with Crippen LogP contribution in [0.25, 0.3) is 11.3 Å². The predicted molar refractivity (Wildman–Crippen MR) is 110 cm³/mol. The number of carbonyl (C=O) groups is 1. The number of piperidine rings is 1. The Morgan fingerprint density at radius 2 is 2.04 bits per heavy atom. The molecule has 3 atom stereocenters. The van der Waals surface area contributed by atoms with Crippen LogP contribution in [0, 0.1) is 5.92 Å². The molecule has 150 valence electrons. The summed E-state index contributed by atoms with van der Waals surface area (Å²) in [4.78, 5) is 20.2. The monoisotopic (exact) mass is 381 g/mol. The molecule has 5 heteroatoms. The van der Waals surface area contributed by atoms with Crippen LogP contribution in [-0.4, -0.2) is 34.9 Å². The molecular weight excluding hydrogens is 350 g/mol. The lowest BCUT2D eigenvalue weighted by Crippen LogP contribution is -2.44. The maximum Gasteiger partial charge on any atom is 0.226 e. The van der Waals surface area contributed by atoms with Gasteiger partial charge in [-0.05, 0) is 39.2 Å². The second kappa shape index (κ2) is 8.08. The van der Waals surface area contributed by atoms with Crippen LogP contribution < -0.4 is 5.32 Å². The zero-order valence-corrected chi connectivity index (χ0v) is 17.1. The van der Waals surface area contributed by atoms with Gasteiger partial charge in [0.05, 0.1) is 0 Å². The van der Waals surface area contributed by atoms with Crippen LogP contribution in [0.1, 0.15) is 70.1 Å². The third kappa shape index (κ3) is 3.72. The van der Waals surface area contributed by atoms with Gasteiger partial charge in [0.1, 0.15) is 17.5 Å². The van der Waals surface area contributed by atoms with E-state index in [4.69, 9.17) is 9.40 Å². The largest absolute Gasteiger partial charge is 0.442 e. The number of aromatic nitrogens is 1. The van der Waals surface area contributed by atoms with Crippen molar-refractivity contribution in [1.29, 1.82) is 0 Å². The minimum absolute atomic E-state index is 0.0346. The van der Waals surface area contributed by atoms with Crippen molar-refractivity contribution in [2.24, 2.45) is 5.92 Å². The van der Waals surface area contributed by atoms with Crippen LogP contribution >= 0.6 is 0 Å². The SMILES string of the molecule is CC(C)c1oc(C2CCCN2C(=O)[C@H]2CCN[C@@H](C)C2)nc1-c1ccccc1. The summed E-state index contributed by atoms with van der Waals surface area (Å²) in [7, 11) is 0. The average molecular weight is 382 g/mol. The van der Waals surface area contributed by atoms with Gasteiger partial charge in [-0.15, -0.1) is 0 Å². The van der Waals surface area contributed by atoms with Gasteiger partial charge in [-0.1, -0.05) is 44.2 Å². The van der Waals surface area contributed by atoms with Crippen molar-refractivity contribution in [2.45, 2.75) is 64.5 Å². The van der Waals surface area contributed by atoms with Crippen LogP contribution in [0.4, 0.5) is 0 Å². The number of nitrogens with zero attached hydrogens (tertiary/aromatic N) is 2. The topological polar surface area (TPSA) is 58.4 Å². The highest BCUT2D eigenvalue weighted by atomic mass is 16.4. The first kappa shape index (κ1) is 19.2. The molecular formula is C23H31N3O2. The molecule has 5 nitrogen and oxygen atoms in total. The summed E-state index contributed by atoms with van der Waals surface area (Å²) >= 11 is 0. The minimum Gasteiger partial charge on any atom is -0.442 e. The summed E-state index contributed by atoms with van der Waals surface area (Å²) in [6.45, 7) is 8.15. The number of hydrogen-bond acceptors (Lipinski definition) is 4. The maximum absolute atomic E-state index is 13.3. The van der Waals surface area contributed by atoms with Gasteiger partial charge in [-0.2, -0.15) is 0 Å². The molecule has 3 heterocycles. The Morgan fingerprint density at radius 1 is 1.25 bits per heavy atom. The van der Waals surface area contributed by atoms with Crippen molar-refractivity contribution < 1.29 is 9.21 Å². The molecule has 2 aliphatic rings. The highest BCUT2D eigenvalue weighted by molar-refractivity contribution is 5.79. The molecule has 1 aromatic heterocycles. The third-order valence-corrected chi connectivity index (χ3v) is 6.04. The number of hydrogen-bond donors (Lipinski definition) is 1. The number of oxazole rings is 1. The van der Waals surface area contributed by atoms with Crippen LogP contribution in [-0.2, 0) is 4.79 Å². The lowest BCUT2D eigenvalue weighted by molar-refractivity contribution is -0.138. The summed E-state index contributed by atoms with van der Waals surface area (Å²) in [5.74, 6) is 2.25. The van der Waals surface area contributed by atoms with Crippen LogP contribution in [0.5, 0.6) is 0 Å². The molecule has 1 amide bonds. The van der Waals surface area contributed by atoms with E-state index in [0.29, 0.717) is 11.9 Å². The number of amides is 1. The molecule has 0 saturated carbocycles. The van der Waals surface area contributed by atoms with E-state index in [1.54, 1.807) is 0 Å². The first-order chi connectivity index (χ1) is 13.5. The first-order valence-electron chi connectivity index (χ1n) is 10.6. The molecule has 1 aromatic carbocycles. The second-order valence-electron chi connectivity index (χ2n) is 8.55. The number of rotatable bonds is 4. The number of nitrogens with one attached hydrogen (secondary N) is 1. The fraction of sp³-hybridized carbons (Fsp3) is 0.565. The van der Waals surface area contributed by atoms with Crippen LogP contribution in [0.2, 0.25) is 0 Å². The Morgan fingerprint density at radius 3 is 2.75 bits per heavy atom. The Balaban J connectivity index is 1.62. The Kier molecular flexibility index (Phi) is 5.54. The highest BCUT2D eigenvalue weighted by Crippen LogP contribution is 2.38. The van der Waals surface area contributed by atoms with E-state index in [-0.39, 0.29) is 23.8 Å². The maximum atomic E-state index is 13.3. The summed E-state index contributed by atoms with van der Waals surface area (Å²) in [6.07, 6.45) is 3.78. The molecule has 28 heavy (non-hydrogen) atoms. The van der Waals surface area contributed by atoms with E-state index in [0.717, 1.165) is 55.8 Å². The Hall–Kier alpha value is -2.14. The van der Waals surface area contributed by atoms with Crippen molar-refractivity contribution in [3.05, 3.63) is 42.0 Å². The Bertz CT molecular complexity index is 815.